The van der Waals surface area contributed by atoms with E-state index in [9.17, 15) is 34.2 Å². The molecule has 3 aromatic rings. The van der Waals surface area contributed by atoms with Crippen LogP contribution < -0.4 is 5.32 Å². The smallest absolute Gasteiger partial charge is 0.350 e. The first-order valence-electron chi connectivity index (χ1n) is 23.0. The van der Waals surface area contributed by atoms with Crippen LogP contribution in [0.1, 0.15) is 86.7 Å². The van der Waals surface area contributed by atoms with Crippen LogP contribution in [-0.2, 0) is 61.9 Å². The fraction of sp³-hybridized carbons (Fsp3) is 0.481. The monoisotopic (exact) mass is 969 g/mol. The maximum Gasteiger partial charge on any atom is 0.350 e. The molecule has 0 spiro atoms. The van der Waals surface area contributed by atoms with Crippen LogP contribution in [0.5, 0.6) is 0 Å². The number of carbonyl (C=O) groups is 7. The number of ketones is 1. The van der Waals surface area contributed by atoms with Crippen molar-refractivity contribution in [1.82, 2.24) is 5.32 Å². The lowest BCUT2D eigenvalue weighted by Gasteiger charge is -2.67. The molecule has 7 rings (SSSR count). The Labute approximate surface area is 404 Å². The van der Waals surface area contributed by atoms with Crippen LogP contribution in [0.25, 0.3) is 0 Å². The van der Waals surface area contributed by atoms with Gasteiger partial charge in [-0.2, -0.15) is 0 Å². The molecule has 2 bridgehead atoms. The number of hydrogen-bond acceptors (Lipinski definition) is 17. The van der Waals surface area contributed by atoms with Crippen LogP contribution >= 0.6 is 0 Å². The van der Waals surface area contributed by atoms with E-state index < -0.39 is 125 Å². The lowest BCUT2D eigenvalue weighted by molar-refractivity contribution is -0.410. The number of amides is 1. The van der Waals surface area contributed by atoms with E-state index >= 15 is 9.59 Å². The van der Waals surface area contributed by atoms with E-state index in [1.807, 2.05) is 0 Å². The summed E-state index contributed by atoms with van der Waals surface area (Å²) < 4.78 is 47.2. The summed E-state index contributed by atoms with van der Waals surface area (Å²) in [5.41, 5.74) is -5.75. The Morgan fingerprint density at radius 2 is 1.44 bits per heavy atom. The van der Waals surface area contributed by atoms with Gasteiger partial charge >= 0.3 is 29.8 Å². The summed E-state index contributed by atoms with van der Waals surface area (Å²) >= 11 is 0. The Bertz CT molecular complexity index is 2500. The average molecular weight is 970 g/mol. The van der Waals surface area contributed by atoms with Crippen molar-refractivity contribution in [3.8, 4) is 0 Å². The number of carbonyl (C=O) groups excluding carboxylic acids is 7. The van der Waals surface area contributed by atoms with Gasteiger partial charge in [-0.15, -0.1) is 0 Å². The highest BCUT2D eigenvalue weighted by Crippen LogP contribution is 2.65. The van der Waals surface area contributed by atoms with Gasteiger partial charge in [-0.05, 0) is 61.2 Å². The molecule has 0 radical (unpaired) electrons. The van der Waals surface area contributed by atoms with E-state index in [4.69, 9.17) is 37.9 Å². The summed E-state index contributed by atoms with van der Waals surface area (Å²) in [7, 11) is 1.44. The van der Waals surface area contributed by atoms with Gasteiger partial charge in [0.15, 0.2) is 11.9 Å². The van der Waals surface area contributed by atoms with Crippen molar-refractivity contribution in [2.75, 3.05) is 33.5 Å². The number of ether oxygens (including phenoxy) is 8. The zero-order valence-corrected chi connectivity index (χ0v) is 40.0. The van der Waals surface area contributed by atoms with E-state index in [-0.39, 0.29) is 48.5 Å². The van der Waals surface area contributed by atoms with Gasteiger partial charge in [0, 0.05) is 38.4 Å². The molecule has 18 heteroatoms. The molecule has 3 N–H and O–H groups in total. The molecule has 2 saturated carbocycles. The van der Waals surface area contributed by atoms with Crippen LogP contribution in [0.4, 0.5) is 0 Å². The number of rotatable bonds is 16. The number of esters is 5. The normalized spacial score (nSPS) is 29.5. The predicted octanol–water partition coefficient (Wildman–Crippen LogP) is 4.15. The van der Waals surface area contributed by atoms with Crippen molar-refractivity contribution in [2.24, 2.45) is 22.7 Å². The molecule has 0 aromatic heterocycles. The maximum atomic E-state index is 15.7. The second-order valence-electron chi connectivity index (χ2n) is 18.8. The van der Waals surface area contributed by atoms with Crippen molar-refractivity contribution in [1.29, 1.82) is 0 Å². The molecule has 3 aromatic carbocycles. The minimum absolute atomic E-state index is 0.00336. The van der Waals surface area contributed by atoms with Crippen LogP contribution in [0, 0.1) is 22.7 Å². The molecule has 1 saturated heterocycles. The predicted molar refractivity (Wildman–Crippen MR) is 244 cm³/mol. The highest BCUT2D eigenvalue weighted by molar-refractivity contribution is 5.96. The van der Waals surface area contributed by atoms with E-state index in [1.165, 1.54) is 46.9 Å². The van der Waals surface area contributed by atoms with Crippen molar-refractivity contribution < 1.29 is 81.7 Å². The fourth-order valence-corrected chi connectivity index (χ4v) is 10.7. The van der Waals surface area contributed by atoms with E-state index in [1.54, 1.807) is 78.9 Å². The number of aliphatic hydroxyl groups is 2. The van der Waals surface area contributed by atoms with Crippen LogP contribution in [0.15, 0.2) is 102 Å². The minimum Gasteiger partial charge on any atom is -0.455 e. The molecule has 70 heavy (non-hydrogen) atoms. The third kappa shape index (κ3) is 9.50. The lowest BCUT2D eigenvalue weighted by atomic mass is 9.45. The summed E-state index contributed by atoms with van der Waals surface area (Å²) in [5.74, 6) is -11.1. The highest BCUT2D eigenvalue weighted by Gasteiger charge is 2.78. The van der Waals surface area contributed by atoms with Gasteiger partial charge in [0.05, 0.1) is 48.7 Å². The zero-order chi connectivity index (χ0) is 50.8. The number of nitrogens with one attached hydrogen (secondary N) is 1. The fourth-order valence-electron chi connectivity index (χ4n) is 10.7. The SMILES string of the molecule is COCCOCC(=O)O[C@@H](C(=O)O[C@H]1C[C@@]2(O)[C@@H](OC(=O)c3ccccc3)[C@@H]3[C@]4(OC(C)=O)OC[C@@H]4C[C@H](O)[C@@]3(C)C(=O)[C@H](OC(C)=O)C(=C1C)C2(C)C)[C@@H](NC(=O)c1ccccc1)c1ccccc1. The molecule has 11 atom stereocenters. The number of fused-ring (bicyclic) bond motifs is 5. The van der Waals surface area contributed by atoms with Gasteiger partial charge in [0.25, 0.3) is 5.91 Å². The molecule has 1 heterocycles. The number of aliphatic hydroxyl groups excluding tert-OH is 1. The molecule has 3 fully saturated rings. The summed E-state index contributed by atoms with van der Waals surface area (Å²) in [5, 5.41) is 28.9. The summed E-state index contributed by atoms with van der Waals surface area (Å²) in [4.78, 5) is 99.0. The summed E-state index contributed by atoms with van der Waals surface area (Å²) in [6.07, 6.45) is -9.68. The van der Waals surface area contributed by atoms with Crippen molar-refractivity contribution in [3.63, 3.8) is 0 Å². The van der Waals surface area contributed by atoms with Gasteiger partial charge in [0.1, 0.15) is 30.5 Å². The van der Waals surface area contributed by atoms with E-state index in [0.717, 1.165) is 13.8 Å². The number of benzene rings is 3. The highest BCUT2D eigenvalue weighted by atomic mass is 16.7. The molecule has 0 unspecified atom stereocenters. The molecular weight excluding hydrogens is 911 g/mol. The zero-order valence-electron chi connectivity index (χ0n) is 40.0. The van der Waals surface area contributed by atoms with Crippen LogP contribution in [0.2, 0.25) is 0 Å². The Balaban J connectivity index is 1.41. The first kappa shape index (κ1) is 51.5. The molecule has 374 valence electrons. The van der Waals surface area contributed by atoms with Crippen molar-refractivity contribution >= 4 is 41.5 Å². The summed E-state index contributed by atoms with van der Waals surface area (Å²) in [6, 6.07) is 22.6. The molecule has 18 nitrogen and oxygen atoms in total. The lowest BCUT2D eigenvalue weighted by Crippen LogP contribution is -2.80. The Morgan fingerprint density at radius 1 is 0.829 bits per heavy atom. The van der Waals surface area contributed by atoms with Gasteiger partial charge < -0.3 is 53.4 Å². The Kier molecular flexibility index (Phi) is 15.1. The second-order valence-corrected chi connectivity index (χ2v) is 18.8. The van der Waals surface area contributed by atoms with Crippen LogP contribution in [0.3, 0.4) is 0 Å². The largest absolute Gasteiger partial charge is 0.455 e. The van der Waals surface area contributed by atoms with E-state index in [0.29, 0.717) is 5.56 Å². The van der Waals surface area contributed by atoms with E-state index in [2.05, 4.69) is 5.32 Å². The third-order valence-corrected chi connectivity index (χ3v) is 14.3. The Morgan fingerprint density at radius 3 is 2.01 bits per heavy atom. The summed E-state index contributed by atoms with van der Waals surface area (Å²) in [6.45, 7) is 7.58. The van der Waals surface area contributed by atoms with Gasteiger partial charge in [-0.25, -0.2) is 14.4 Å². The second kappa shape index (κ2) is 20.6. The number of Topliss-reactive ketones (excluding diaryl/α,β-unsaturated/α-hetero) is 1. The first-order valence-corrected chi connectivity index (χ1v) is 23.0. The topological polar surface area (TPSA) is 246 Å². The van der Waals surface area contributed by atoms with Gasteiger partial charge in [0.2, 0.25) is 11.9 Å². The average Bonchev–Trinajstić information content (AvgIpc) is 3.32. The van der Waals surface area contributed by atoms with Crippen molar-refractivity contribution in [3.05, 3.63) is 119 Å². The molecule has 1 amide bonds. The molecule has 3 aliphatic carbocycles. The Hall–Kier alpha value is -6.31. The van der Waals surface area contributed by atoms with Crippen LogP contribution in [-0.4, -0.2) is 127 Å². The third-order valence-electron chi connectivity index (χ3n) is 14.3. The van der Waals surface area contributed by atoms with Crippen molar-refractivity contribution in [2.45, 2.75) is 102 Å². The number of hydrogen-bond donors (Lipinski definition) is 3. The molecule has 1 aliphatic heterocycles. The van der Waals surface area contributed by atoms with Gasteiger partial charge in [-0.1, -0.05) is 80.6 Å². The van der Waals surface area contributed by atoms with Gasteiger partial charge in [-0.3, -0.25) is 19.2 Å². The molecule has 4 aliphatic rings. The quantitative estimate of drug-likeness (QED) is 0.0790. The molecular formula is C52H59NO17. The maximum absolute atomic E-state index is 15.7. The standard InChI is InChI=1S/C52H59NO17/c1-29-36(67-48(61)42(68-38(57)28-64-24-23-63-7)40(32-17-11-8-12-18-32)53-46(59)33-19-13-9-14-20-33)26-51(62)45(69-47(60)34-21-15-10-16-22-34)43-50(6,37(56)25-35-27-65-52(35,43)70-31(3)55)44(58)41(66-30(2)54)39(29)49(51,4)5/h8-22,35-37,40-43,45,56,62H,23-28H2,1-7H3,(H,53,59)/t35-,36-,37-,40-,41+,42+,43-,45-,50+,51+,52-/m0/s1. The minimum atomic E-state index is -2.49. The number of methoxy groups -OCH3 is 1. The first-order chi connectivity index (χ1) is 33.2.